The highest BCUT2D eigenvalue weighted by Crippen LogP contribution is 1.98. The van der Waals surface area contributed by atoms with Crippen LogP contribution in [0.1, 0.15) is 25.5 Å². The van der Waals surface area contributed by atoms with Crippen molar-refractivity contribution in [2.24, 2.45) is 5.73 Å². The molecule has 0 saturated carbocycles. The SMILES string of the molecule is CC(C)n1cc(CN)c(=O)[nH]c1=O. The number of nitrogens with zero attached hydrogens (tertiary/aromatic N) is 1. The number of aromatic nitrogens is 2. The first-order valence-electron chi connectivity index (χ1n) is 4.10. The van der Waals surface area contributed by atoms with Crippen LogP contribution < -0.4 is 17.0 Å². The summed E-state index contributed by atoms with van der Waals surface area (Å²) in [5.74, 6) is 0. The van der Waals surface area contributed by atoms with Gasteiger partial charge in [-0.25, -0.2) is 4.79 Å². The highest BCUT2D eigenvalue weighted by molar-refractivity contribution is 5.03. The molecule has 0 saturated heterocycles. The number of aromatic amines is 1. The van der Waals surface area contributed by atoms with E-state index in [0.717, 1.165) is 0 Å². The van der Waals surface area contributed by atoms with Gasteiger partial charge in [0.15, 0.2) is 0 Å². The Morgan fingerprint density at radius 2 is 2.15 bits per heavy atom. The second-order valence-electron chi connectivity index (χ2n) is 3.12. The Morgan fingerprint density at radius 3 is 2.62 bits per heavy atom. The van der Waals surface area contributed by atoms with Gasteiger partial charge < -0.3 is 5.73 Å². The molecule has 1 aromatic rings. The molecule has 1 heterocycles. The number of rotatable bonds is 2. The van der Waals surface area contributed by atoms with Crippen molar-refractivity contribution in [1.29, 1.82) is 0 Å². The van der Waals surface area contributed by atoms with Gasteiger partial charge in [0, 0.05) is 24.3 Å². The first kappa shape index (κ1) is 9.73. The van der Waals surface area contributed by atoms with Gasteiger partial charge in [0.25, 0.3) is 5.56 Å². The lowest BCUT2D eigenvalue weighted by atomic mass is 10.3. The maximum atomic E-state index is 11.2. The van der Waals surface area contributed by atoms with Gasteiger partial charge >= 0.3 is 5.69 Å². The van der Waals surface area contributed by atoms with Gasteiger partial charge in [0.1, 0.15) is 0 Å². The smallest absolute Gasteiger partial charge is 0.326 e. The van der Waals surface area contributed by atoms with Gasteiger partial charge in [-0.2, -0.15) is 0 Å². The first-order chi connectivity index (χ1) is 6.06. The lowest BCUT2D eigenvalue weighted by Gasteiger charge is -2.09. The van der Waals surface area contributed by atoms with Gasteiger partial charge in [-0.3, -0.25) is 14.3 Å². The number of nitrogens with one attached hydrogen (secondary N) is 1. The minimum absolute atomic E-state index is 0.0228. The Bertz CT molecular complexity index is 403. The van der Waals surface area contributed by atoms with E-state index in [1.807, 2.05) is 13.8 Å². The van der Waals surface area contributed by atoms with E-state index in [4.69, 9.17) is 5.73 Å². The number of H-pyrrole nitrogens is 1. The highest BCUT2D eigenvalue weighted by Gasteiger charge is 2.04. The van der Waals surface area contributed by atoms with Crippen molar-refractivity contribution in [3.8, 4) is 0 Å². The van der Waals surface area contributed by atoms with Crippen molar-refractivity contribution in [1.82, 2.24) is 9.55 Å². The van der Waals surface area contributed by atoms with Gasteiger partial charge in [0.05, 0.1) is 0 Å². The fourth-order valence-corrected chi connectivity index (χ4v) is 1.06. The second-order valence-corrected chi connectivity index (χ2v) is 3.12. The second kappa shape index (κ2) is 3.57. The summed E-state index contributed by atoms with van der Waals surface area (Å²) in [6.07, 6.45) is 1.51. The Labute approximate surface area is 75.2 Å². The zero-order chi connectivity index (χ0) is 10.0. The van der Waals surface area contributed by atoms with Crippen LogP contribution in [0, 0.1) is 0 Å². The van der Waals surface area contributed by atoms with Gasteiger partial charge in [-0.15, -0.1) is 0 Å². The molecule has 1 aromatic heterocycles. The highest BCUT2D eigenvalue weighted by atomic mass is 16.2. The molecule has 0 bridgehead atoms. The third-order valence-electron chi connectivity index (χ3n) is 1.82. The molecule has 0 spiro atoms. The van der Waals surface area contributed by atoms with Crippen LogP contribution in [0.25, 0.3) is 0 Å². The molecular weight excluding hydrogens is 170 g/mol. The van der Waals surface area contributed by atoms with Crippen LogP contribution in [-0.2, 0) is 6.54 Å². The summed E-state index contributed by atoms with van der Waals surface area (Å²) < 4.78 is 1.45. The fourth-order valence-electron chi connectivity index (χ4n) is 1.06. The molecule has 13 heavy (non-hydrogen) atoms. The van der Waals surface area contributed by atoms with Gasteiger partial charge in [0.2, 0.25) is 0 Å². The van der Waals surface area contributed by atoms with E-state index in [-0.39, 0.29) is 12.6 Å². The number of hydrogen-bond acceptors (Lipinski definition) is 3. The van der Waals surface area contributed by atoms with E-state index in [1.54, 1.807) is 0 Å². The molecule has 0 radical (unpaired) electrons. The lowest BCUT2D eigenvalue weighted by Crippen LogP contribution is -2.33. The molecule has 5 heteroatoms. The molecule has 0 atom stereocenters. The zero-order valence-corrected chi connectivity index (χ0v) is 7.70. The van der Waals surface area contributed by atoms with Crippen molar-refractivity contribution >= 4 is 0 Å². The van der Waals surface area contributed by atoms with Crippen LogP contribution in [0.2, 0.25) is 0 Å². The quantitative estimate of drug-likeness (QED) is 0.653. The molecule has 0 aliphatic heterocycles. The molecule has 0 fully saturated rings. The van der Waals surface area contributed by atoms with E-state index in [1.165, 1.54) is 10.8 Å². The molecule has 1 rings (SSSR count). The normalized spacial score (nSPS) is 10.8. The third kappa shape index (κ3) is 1.86. The van der Waals surface area contributed by atoms with Crippen LogP contribution in [0.4, 0.5) is 0 Å². The molecule has 0 unspecified atom stereocenters. The fraction of sp³-hybridized carbons (Fsp3) is 0.500. The molecule has 0 aliphatic carbocycles. The van der Waals surface area contributed by atoms with Crippen molar-refractivity contribution in [3.05, 3.63) is 32.6 Å². The van der Waals surface area contributed by atoms with Gasteiger partial charge in [-0.05, 0) is 13.8 Å². The van der Waals surface area contributed by atoms with Gasteiger partial charge in [-0.1, -0.05) is 0 Å². The summed E-state index contributed by atoms with van der Waals surface area (Å²) in [6.45, 7) is 3.86. The minimum Gasteiger partial charge on any atom is -0.326 e. The standard InChI is InChI=1S/C8H13N3O2/c1-5(2)11-4-6(3-9)7(12)10-8(11)13/h4-5H,3,9H2,1-2H3,(H,10,12,13). The molecular formula is C8H13N3O2. The molecule has 3 N–H and O–H groups in total. The third-order valence-corrected chi connectivity index (χ3v) is 1.82. The predicted octanol–water partition coefficient (Wildman–Crippen LogP) is -0.424. The van der Waals surface area contributed by atoms with Crippen LogP contribution in [0.3, 0.4) is 0 Å². The van der Waals surface area contributed by atoms with Crippen LogP contribution >= 0.6 is 0 Å². The molecule has 0 aromatic carbocycles. The summed E-state index contributed by atoms with van der Waals surface area (Å²) in [6, 6.07) is 0.0228. The molecule has 72 valence electrons. The Kier molecular flexibility index (Phi) is 2.67. The first-order valence-corrected chi connectivity index (χ1v) is 4.10. The summed E-state index contributed by atoms with van der Waals surface area (Å²) in [4.78, 5) is 24.5. The molecule has 0 aliphatic rings. The maximum Gasteiger partial charge on any atom is 0.328 e. The van der Waals surface area contributed by atoms with Crippen LogP contribution in [-0.4, -0.2) is 9.55 Å². The molecule has 0 amide bonds. The van der Waals surface area contributed by atoms with E-state index in [9.17, 15) is 9.59 Å². The van der Waals surface area contributed by atoms with Crippen molar-refractivity contribution in [3.63, 3.8) is 0 Å². The van der Waals surface area contributed by atoms with Crippen LogP contribution in [0.15, 0.2) is 15.8 Å². The van der Waals surface area contributed by atoms with Crippen molar-refractivity contribution in [2.45, 2.75) is 26.4 Å². The van der Waals surface area contributed by atoms with E-state index < -0.39 is 11.2 Å². The Balaban J connectivity index is 3.40. The average Bonchev–Trinajstić information content (AvgIpc) is 2.03. The van der Waals surface area contributed by atoms with E-state index in [0.29, 0.717) is 5.56 Å². The minimum atomic E-state index is -0.399. The Morgan fingerprint density at radius 1 is 1.54 bits per heavy atom. The maximum absolute atomic E-state index is 11.2. The van der Waals surface area contributed by atoms with E-state index in [2.05, 4.69) is 4.98 Å². The molecule has 5 nitrogen and oxygen atoms in total. The lowest BCUT2D eigenvalue weighted by molar-refractivity contribution is 0.556. The summed E-state index contributed by atoms with van der Waals surface area (Å²) >= 11 is 0. The Hall–Kier alpha value is -1.36. The summed E-state index contributed by atoms with van der Waals surface area (Å²) in [5.41, 5.74) is 4.97. The largest absolute Gasteiger partial charge is 0.328 e. The predicted molar refractivity (Wildman–Crippen MR) is 49.6 cm³/mol. The van der Waals surface area contributed by atoms with E-state index >= 15 is 0 Å². The van der Waals surface area contributed by atoms with Crippen LogP contribution in [0.5, 0.6) is 0 Å². The zero-order valence-electron chi connectivity index (χ0n) is 7.70. The summed E-state index contributed by atoms with van der Waals surface area (Å²) in [7, 11) is 0. The van der Waals surface area contributed by atoms with Crippen molar-refractivity contribution < 1.29 is 0 Å². The van der Waals surface area contributed by atoms with Crippen molar-refractivity contribution in [2.75, 3.05) is 0 Å². The number of nitrogens with two attached hydrogens (primary N) is 1. The topological polar surface area (TPSA) is 80.9 Å². The summed E-state index contributed by atoms with van der Waals surface area (Å²) in [5, 5.41) is 0. The monoisotopic (exact) mass is 183 g/mol. The average molecular weight is 183 g/mol. The number of hydrogen-bond donors (Lipinski definition) is 2.